The largest absolute Gasteiger partial charge is 0.393 e. The fourth-order valence-electron chi connectivity index (χ4n) is 3.02. The van der Waals surface area contributed by atoms with E-state index in [1.807, 2.05) is 0 Å². The molecular formula is C16H16ClF3N2O2S. The number of hydrogen-bond acceptors (Lipinski definition) is 3. The van der Waals surface area contributed by atoms with Crippen LogP contribution in [-0.4, -0.2) is 41.2 Å². The molecule has 2 amide bonds. The highest BCUT2D eigenvalue weighted by Gasteiger charge is 2.43. The molecule has 1 N–H and O–H groups in total. The minimum absolute atomic E-state index is 0.0417. The predicted molar refractivity (Wildman–Crippen MR) is 89.7 cm³/mol. The van der Waals surface area contributed by atoms with E-state index in [0.717, 1.165) is 4.90 Å². The van der Waals surface area contributed by atoms with Gasteiger partial charge in [-0.2, -0.15) is 13.2 Å². The van der Waals surface area contributed by atoms with Gasteiger partial charge in [-0.3, -0.25) is 9.59 Å². The summed E-state index contributed by atoms with van der Waals surface area (Å²) in [5.41, 5.74) is 0.585. The average Bonchev–Trinajstić information content (AvgIpc) is 2.55. The second kappa shape index (κ2) is 7.07. The van der Waals surface area contributed by atoms with Crippen molar-refractivity contribution in [3.63, 3.8) is 0 Å². The average molecular weight is 393 g/mol. The van der Waals surface area contributed by atoms with Gasteiger partial charge in [-0.05, 0) is 31.0 Å². The molecule has 1 saturated heterocycles. The number of amides is 2. The van der Waals surface area contributed by atoms with Crippen molar-refractivity contribution < 1.29 is 22.8 Å². The van der Waals surface area contributed by atoms with Crippen molar-refractivity contribution in [1.82, 2.24) is 4.90 Å². The number of likely N-dealkylation sites (tertiary alicyclic amines) is 1. The molecule has 1 aromatic carbocycles. The molecule has 9 heteroatoms. The van der Waals surface area contributed by atoms with Gasteiger partial charge in [0.1, 0.15) is 0 Å². The van der Waals surface area contributed by atoms with Crippen molar-refractivity contribution in [1.29, 1.82) is 0 Å². The molecule has 0 aromatic heterocycles. The molecule has 2 aliphatic heterocycles. The summed E-state index contributed by atoms with van der Waals surface area (Å²) in [6.07, 6.45) is -4.06. The normalized spacial score (nSPS) is 23.8. The summed E-state index contributed by atoms with van der Waals surface area (Å²) in [6.45, 7) is -0.0237. The smallest absolute Gasteiger partial charge is 0.342 e. The van der Waals surface area contributed by atoms with Crippen molar-refractivity contribution >= 4 is 40.9 Å². The van der Waals surface area contributed by atoms with Gasteiger partial charge in [0.2, 0.25) is 11.8 Å². The Kier molecular flexibility index (Phi) is 5.20. The zero-order chi connectivity index (χ0) is 18.2. The van der Waals surface area contributed by atoms with Crippen molar-refractivity contribution in [3.05, 3.63) is 23.2 Å². The quantitative estimate of drug-likeness (QED) is 0.829. The van der Waals surface area contributed by atoms with Crippen LogP contribution in [0.1, 0.15) is 19.3 Å². The molecule has 1 aromatic rings. The number of nitrogens with one attached hydrogen (secondary N) is 1. The molecule has 0 aliphatic carbocycles. The Labute approximate surface area is 152 Å². The molecule has 0 radical (unpaired) electrons. The molecule has 0 unspecified atom stereocenters. The summed E-state index contributed by atoms with van der Waals surface area (Å²) in [4.78, 5) is 26.6. The van der Waals surface area contributed by atoms with Gasteiger partial charge < -0.3 is 10.2 Å². The molecule has 25 heavy (non-hydrogen) atoms. The van der Waals surface area contributed by atoms with E-state index in [-0.39, 0.29) is 25.3 Å². The first-order valence-corrected chi connectivity index (χ1v) is 9.11. The van der Waals surface area contributed by atoms with Crippen LogP contribution in [0.4, 0.5) is 18.9 Å². The summed E-state index contributed by atoms with van der Waals surface area (Å²) >= 11 is 7.12. The molecule has 2 aliphatic rings. The van der Waals surface area contributed by atoms with Crippen LogP contribution in [0.25, 0.3) is 0 Å². The summed E-state index contributed by atoms with van der Waals surface area (Å²) in [5.74, 6) is -2.24. The number of alkyl halides is 3. The van der Waals surface area contributed by atoms with Crippen molar-refractivity contribution in [2.45, 2.75) is 35.6 Å². The highest BCUT2D eigenvalue weighted by molar-refractivity contribution is 8.01. The van der Waals surface area contributed by atoms with Gasteiger partial charge in [0, 0.05) is 29.4 Å². The lowest BCUT2D eigenvalue weighted by Gasteiger charge is -2.34. The number of carbonyl (C=O) groups excluding carboxylic acids is 2. The molecule has 136 valence electrons. The number of fused-ring (bicyclic) bond motifs is 1. The Bertz CT molecular complexity index is 698. The van der Waals surface area contributed by atoms with E-state index in [9.17, 15) is 22.8 Å². The fraction of sp³-hybridized carbons (Fsp3) is 0.500. The van der Waals surface area contributed by atoms with Gasteiger partial charge in [0.25, 0.3) is 0 Å². The van der Waals surface area contributed by atoms with Gasteiger partial charge in [-0.25, -0.2) is 0 Å². The van der Waals surface area contributed by atoms with Crippen LogP contribution in [-0.2, 0) is 9.59 Å². The first-order valence-electron chi connectivity index (χ1n) is 7.85. The third-order valence-corrected chi connectivity index (χ3v) is 5.87. The molecule has 2 heterocycles. The lowest BCUT2D eigenvalue weighted by Crippen LogP contribution is -2.46. The minimum Gasteiger partial charge on any atom is -0.342 e. The topological polar surface area (TPSA) is 49.4 Å². The second-order valence-corrected chi connectivity index (χ2v) is 7.84. The third kappa shape index (κ3) is 4.23. The number of hydrogen-bond donors (Lipinski definition) is 1. The Morgan fingerprint density at radius 2 is 2.16 bits per heavy atom. The van der Waals surface area contributed by atoms with Crippen LogP contribution < -0.4 is 5.32 Å². The molecule has 0 saturated carbocycles. The maximum Gasteiger partial charge on any atom is 0.393 e. The van der Waals surface area contributed by atoms with E-state index in [1.54, 1.807) is 18.2 Å². The van der Waals surface area contributed by atoms with Crippen molar-refractivity contribution in [3.8, 4) is 0 Å². The lowest BCUT2D eigenvalue weighted by molar-refractivity contribution is -0.188. The van der Waals surface area contributed by atoms with Crippen LogP contribution in [0.2, 0.25) is 5.02 Å². The Balaban J connectivity index is 1.65. The third-order valence-electron chi connectivity index (χ3n) is 4.36. The van der Waals surface area contributed by atoms with Gasteiger partial charge in [0.15, 0.2) is 0 Å². The number of benzene rings is 1. The van der Waals surface area contributed by atoms with E-state index < -0.39 is 23.3 Å². The Hall–Kier alpha value is -1.41. The Morgan fingerprint density at radius 1 is 1.40 bits per heavy atom. The maximum absolute atomic E-state index is 12.9. The van der Waals surface area contributed by atoms with E-state index in [1.165, 1.54) is 16.7 Å². The molecule has 1 fully saturated rings. The monoisotopic (exact) mass is 392 g/mol. The van der Waals surface area contributed by atoms with Crippen molar-refractivity contribution in [2.75, 3.05) is 18.4 Å². The summed E-state index contributed by atoms with van der Waals surface area (Å²) in [6, 6.07) is 5.06. The fourth-order valence-corrected chi connectivity index (χ4v) is 4.27. The number of rotatable bonds is 2. The molecule has 2 atom stereocenters. The van der Waals surface area contributed by atoms with E-state index in [2.05, 4.69) is 5.32 Å². The van der Waals surface area contributed by atoms with Crippen molar-refractivity contribution in [2.24, 2.45) is 5.92 Å². The van der Waals surface area contributed by atoms with Gasteiger partial charge in [-0.15, -0.1) is 11.8 Å². The highest BCUT2D eigenvalue weighted by atomic mass is 35.5. The maximum atomic E-state index is 12.9. The van der Waals surface area contributed by atoms with Crippen LogP contribution in [0.3, 0.4) is 0 Å². The lowest BCUT2D eigenvalue weighted by atomic mass is 9.97. The molecule has 0 spiro atoms. The minimum atomic E-state index is -4.30. The van der Waals surface area contributed by atoms with Crippen LogP contribution in [0.15, 0.2) is 23.1 Å². The van der Waals surface area contributed by atoms with E-state index >= 15 is 0 Å². The number of halogens is 4. The first-order chi connectivity index (χ1) is 11.7. The van der Waals surface area contributed by atoms with E-state index in [4.69, 9.17) is 11.6 Å². The molecule has 4 nitrogen and oxygen atoms in total. The molecular weight excluding hydrogens is 377 g/mol. The number of nitrogens with zero attached hydrogens (tertiary/aromatic N) is 1. The number of piperidine rings is 1. The number of thioether (sulfide) groups is 1. The zero-order valence-electron chi connectivity index (χ0n) is 13.1. The second-order valence-electron chi connectivity index (χ2n) is 6.16. The summed E-state index contributed by atoms with van der Waals surface area (Å²) in [7, 11) is 0. The highest BCUT2D eigenvalue weighted by Crippen LogP contribution is 2.39. The van der Waals surface area contributed by atoms with Crippen LogP contribution in [0, 0.1) is 5.92 Å². The standard InChI is InChI=1S/C16H16ClF3N2O2S/c17-10-3-4-12-11(6-10)21-15(24)13(25-12)7-14(23)22-5-1-2-9(8-22)16(18,19)20/h3-4,6,9,13H,1-2,5,7-8H2,(H,21,24)/t9-,13-/m0/s1. The Morgan fingerprint density at radius 3 is 2.88 bits per heavy atom. The SMILES string of the molecule is O=C1Nc2cc(Cl)ccc2S[C@H]1CC(=O)N1CCC[C@H](C(F)(F)F)C1. The molecule has 0 bridgehead atoms. The van der Waals surface area contributed by atoms with Crippen LogP contribution in [0.5, 0.6) is 0 Å². The number of anilines is 1. The van der Waals surface area contributed by atoms with Gasteiger partial charge in [0.05, 0.1) is 16.9 Å². The summed E-state index contributed by atoms with van der Waals surface area (Å²) < 4.78 is 38.6. The van der Waals surface area contributed by atoms with E-state index in [0.29, 0.717) is 23.7 Å². The predicted octanol–water partition coefficient (Wildman–Crippen LogP) is 3.94. The zero-order valence-corrected chi connectivity index (χ0v) is 14.7. The molecule has 3 rings (SSSR count). The van der Waals surface area contributed by atoms with Gasteiger partial charge in [-0.1, -0.05) is 11.6 Å². The van der Waals surface area contributed by atoms with Crippen LogP contribution >= 0.6 is 23.4 Å². The van der Waals surface area contributed by atoms with Gasteiger partial charge >= 0.3 is 6.18 Å². The summed E-state index contributed by atoms with van der Waals surface area (Å²) in [5, 5.41) is 2.52. The number of carbonyl (C=O) groups is 2. The first kappa shape index (κ1) is 18.4.